The summed E-state index contributed by atoms with van der Waals surface area (Å²) in [6.45, 7) is 11.8. The van der Waals surface area contributed by atoms with Gasteiger partial charge in [-0.15, -0.1) is 0 Å². The topological polar surface area (TPSA) is 101 Å². The largest absolute Gasteiger partial charge is 0.340 e. The van der Waals surface area contributed by atoms with E-state index in [2.05, 4.69) is 41.2 Å². The van der Waals surface area contributed by atoms with Gasteiger partial charge in [-0.3, -0.25) is 4.55 Å². The highest BCUT2D eigenvalue weighted by Crippen LogP contribution is 2.37. The molecule has 2 aromatic rings. The Balaban J connectivity index is 1.78. The molecule has 0 spiro atoms. The van der Waals surface area contributed by atoms with Crippen LogP contribution in [0.4, 0.5) is 5.95 Å². The van der Waals surface area contributed by atoms with E-state index in [1.165, 1.54) is 6.07 Å². The second-order valence-electron chi connectivity index (χ2n) is 8.69. The summed E-state index contributed by atoms with van der Waals surface area (Å²) in [6, 6.07) is 5.09. The minimum atomic E-state index is -4.24. The van der Waals surface area contributed by atoms with Gasteiger partial charge in [-0.2, -0.15) is 8.42 Å². The summed E-state index contributed by atoms with van der Waals surface area (Å²) >= 11 is 0. The van der Waals surface area contributed by atoms with Crippen molar-refractivity contribution in [1.29, 1.82) is 0 Å². The zero-order valence-electron chi connectivity index (χ0n) is 17.1. The molecule has 1 fully saturated rings. The van der Waals surface area contributed by atoms with Crippen LogP contribution in [0.25, 0.3) is 0 Å². The number of tetrazole rings is 1. The monoisotopic (exact) mass is 407 g/mol. The lowest BCUT2D eigenvalue weighted by Crippen LogP contribution is -2.39. The summed E-state index contributed by atoms with van der Waals surface area (Å²) in [5.74, 6) is 1.11. The van der Waals surface area contributed by atoms with Gasteiger partial charge in [0.1, 0.15) is 0 Å². The number of anilines is 1. The van der Waals surface area contributed by atoms with E-state index in [1.54, 1.807) is 6.07 Å². The van der Waals surface area contributed by atoms with Gasteiger partial charge in [0.2, 0.25) is 5.95 Å². The normalized spacial score (nSPS) is 17.7. The second-order valence-corrected chi connectivity index (χ2v) is 10.1. The van der Waals surface area contributed by atoms with Crippen LogP contribution < -0.4 is 4.90 Å². The van der Waals surface area contributed by atoms with Gasteiger partial charge in [-0.05, 0) is 74.4 Å². The predicted octanol–water partition coefficient (Wildman–Crippen LogP) is 3.00. The smallest absolute Gasteiger partial charge is 0.294 e. The maximum atomic E-state index is 11.8. The van der Waals surface area contributed by atoms with Crippen LogP contribution in [-0.4, -0.2) is 46.3 Å². The van der Waals surface area contributed by atoms with E-state index in [0.29, 0.717) is 11.5 Å². The Bertz CT molecular complexity index is 941. The third-order valence-electron chi connectivity index (χ3n) is 5.55. The zero-order chi connectivity index (χ0) is 20.7. The molecule has 154 valence electrons. The molecule has 1 N–H and O–H groups in total. The lowest BCUT2D eigenvalue weighted by atomic mass is 9.81. The highest BCUT2D eigenvalue weighted by molar-refractivity contribution is 7.85. The fourth-order valence-corrected chi connectivity index (χ4v) is 4.71. The first-order valence-corrected chi connectivity index (χ1v) is 11.0. The molecule has 1 saturated heterocycles. The van der Waals surface area contributed by atoms with Gasteiger partial charge < -0.3 is 4.90 Å². The molecule has 3 rings (SSSR count). The molecule has 0 bridgehead atoms. The Morgan fingerprint density at radius 3 is 2.43 bits per heavy atom. The van der Waals surface area contributed by atoms with Gasteiger partial charge in [0.05, 0.1) is 10.4 Å². The first-order chi connectivity index (χ1) is 13.0. The van der Waals surface area contributed by atoms with Crippen molar-refractivity contribution in [1.82, 2.24) is 20.2 Å². The van der Waals surface area contributed by atoms with Crippen molar-refractivity contribution in [2.75, 3.05) is 18.0 Å². The Kier molecular flexibility index (Phi) is 5.51. The number of aryl methyl sites for hydroxylation is 1. The van der Waals surface area contributed by atoms with Crippen LogP contribution in [0.3, 0.4) is 0 Å². The molecule has 1 aliphatic rings. The van der Waals surface area contributed by atoms with Crippen molar-refractivity contribution in [3.8, 4) is 0 Å². The first-order valence-electron chi connectivity index (χ1n) is 9.60. The number of hydrogen-bond acceptors (Lipinski definition) is 6. The molecule has 0 amide bonds. The van der Waals surface area contributed by atoms with Crippen LogP contribution in [-0.2, 0) is 15.7 Å². The van der Waals surface area contributed by atoms with E-state index in [4.69, 9.17) is 0 Å². The molecule has 1 aliphatic heterocycles. The number of piperidine rings is 1. The molecular weight excluding hydrogens is 378 g/mol. The quantitative estimate of drug-likeness (QED) is 0.777. The van der Waals surface area contributed by atoms with Crippen LogP contribution >= 0.6 is 0 Å². The SMILES string of the molecule is Cc1ccc(S(=O)(=O)O)c(C(C)C2CCN(c3nnnn3C(C)(C)C)CC2)c1. The summed E-state index contributed by atoms with van der Waals surface area (Å²) in [7, 11) is -4.24. The van der Waals surface area contributed by atoms with Crippen molar-refractivity contribution in [2.45, 2.75) is 63.8 Å². The van der Waals surface area contributed by atoms with Gasteiger partial charge in [0.25, 0.3) is 10.1 Å². The molecule has 0 saturated carbocycles. The summed E-state index contributed by atoms with van der Waals surface area (Å²) < 4.78 is 35.1. The minimum Gasteiger partial charge on any atom is -0.340 e. The van der Waals surface area contributed by atoms with Gasteiger partial charge in [0.15, 0.2) is 0 Å². The van der Waals surface area contributed by atoms with Crippen LogP contribution in [0, 0.1) is 12.8 Å². The number of hydrogen-bond donors (Lipinski definition) is 1. The van der Waals surface area contributed by atoms with E-state index >= 15 is 0 Å². The molecule has 28 heavy (non-hydrogen) atoms. The summed E-state index contributed by atoms with van der Waals surface area (Å²) in [4.78, 5) is 2.21. The first kappa shape index (κ1) is 20.7. The maximum absolute atomic E-state index is 11.8. The van der Waals surface area contributed by atoms with E-state index in [-0.39, 0.29) is 16.4 Å². The van der Waals surface area contributed by atoms with Crippen molar-refractivity contribution >= 4 is 16.1 Å². The summed E-state index contributed by atoms with van der Waals surface area (Å²) in [5, 5.41) is 12.2. The van der Waals surface area contributed by atoms with Crippen LogP contribution in [0.2, 0.25) is 0 Å². The molecule has 0 radical (unpaired) electrons. The van der Waals surface area contributed by atoms with Crippen LogP contribution in [0.5, 0.6) is 0 Å². The Hall–Kier alpha value is -2.00. The van der Waals surface area contributed by atoms with Gasteiger partial charge >= 0.3 is 0 Å². The average Bonchev–Trinajstić information content (AvgIpc) is 3.10. The van der Waals surface area contributed by atoms with E-state index in [1.807, 2.05) is 24.6 Å². The Labute approximate surface area is 166 Å². The lowest BCUT2D eigenvalue weighted by molar-refractivity contribution is 0.324. The van der Waals surface area contributed by atoms with Crippen molar-refractivity contribution < 1.29 is 13.0 Å². The predicted molar refractivity (Wildman–Crippen MR) is 107 cm³/mol. The van der Waals surface area contributed by atoms with E-state index < -0.39 is 10.1 Å². The summed E-state index contributed by atoms with van der Waals surface area (Å²) in [5.41, 5.74) is 1.48. The number of rotatable bonds is 4. The standard InChI is InChI=1S/C19H29N5O3S/c1-13-6-7-17(28(25,26)27)16(12-13)14(2)15-8-10-23(11-9-15)18-20-21-22-24(18)19(3,4)5/h6-7,12,14-15H,8-11H2,1-5H3,(H,25,26,27). The fourth-order valence-electron chi connectivity index (χ4n) is 3.93. The Morgan fingerprint density at radius 1 is 1.21 bits per heavy atom. The third kappa shape index (κ3) is 4.20. The molecule has 1 aromatic carbocycles. The van der Waals surface area contributed by atoms with Crippen molar-refractivity contribution in [3.05, 3.63) is 29.3 Å². The molecule has 2 heterocycles. The molecule has 1 atom stereocenters. The number of benzene rings is 1. The van der Waals surface area contributed by atoms with Crippen LogP contribution in [0.15, 0.2) is 23.1 Å². The highest BCUT2D eigenvalue weighted by atomic mass is 32.2. The number of nitrogens with zero attached hydrogens (tertiary/aromatic N) is 5. The highest BCUT2D eigenvalue weighted by Gasteiger charge is 2.31. The second kappa shape index (κ2) is 7.44. The fraction of sp³-hybridized carbons (Fsp3) is 0.632. The van der Waals surface area contributed by atoms with E-state index in [9.17, 15) is 13.0 Å². The molecule has 8 nitrogen and oxygen atoms in total. The van der Waals surface area contributed by atoms with Crippen LogP contribution in [0.1, 0.15) is 57.6 Å². The van der Waals surface area contributed by atoms with Gasteiger partial charge in [-0.25, -0.2) is 4.68 Å². The number of aromatic nitrogens is 4. The molecule has 9 heteroatoms. The average molecular weight is 408 g/mol. The van der Waals surface area contributed by atoms with Gasteiger partial charge in [-0.1, -0.05) is 29.7 Å². The van der Waals surface area contributed by atoms with E-state index in [0.717, 1.165) is 37.4 Å². The zero-order valence-corrected chi connectivity index (χ0v) is 17.9. The molecule has 1 unspecified atom stereocenters. The molecule has 1 aromatic heterocycles. The Morgan fingerprint density at radius 2 is 1.86 bits per heavy atom. The maximum Gasteiger partial charge on any atom is 0.294 e. The lowest BCUT2D eigenvalue weighted by Gasteiger charge is -2.36. The van der Waals surface area contributed by atoms with Gasteiger partial charge in [0, 0.05) is 13.1 Å². The third-order valence-corrected chi connectivity index (χ3v) is 6.48. The summed E-state index contributed by atoms with van der Waals surface area (Å²) in [6.07, 6.45) is 1.80. The minimum absolute atomic E-state index is 0.0182. The van der Waals surface area contributed by atoms with Crippen molar-refractivity contribution in [3.63, 3.8) is 0 Å². The molecular formula is C19H29N5O3S. The van der Waals surface area contributed by atoms with Crippen molar-refractivity contribution in [2.24, 2.45) is 5.92 Å². The molecule has 0 aliphatic carbocycles.